The number of esters is 2. The lowest BCUT2D eigenvalue weighted by atomic mass is 9.87. The van der Waals surface area contributed by atoms with Crippen molar-refractivity contribution >= 4 is 45.9 Å². The molecular formula is C26H32N4O6S2. The third kappa shape index (κ3) is 6.54. The number of methoxy groups -OCH3 is 2. The number of nitrogens with zero attached hydrogens (tertiary/aromatic N) is 3. The van der Waals surface area contributed by atoms with Crippen LogP contribution in [0.4, 0.5) is 5.00 Å². The van der Waals surface area contributed by atoms with E-state index >= 15 is 0 Å². The van der Waals surface area contributed by atoms with Crippen molar-refractivity contribution in [3.05, 3.63) is 51.7 Å². The highest BCUT2D eigenvalue weighted by atomic mass is 32.2. The zero-order chi connectivity index (χ0) is 28.2. The van der Waals surface area contributed by atoms with Crippen LogP contribution in [0.5, 0.6) is 5.75 Å². The highest BCUT2D eigenvalue weighted by Gasteiger charge is 2.27. The topological polar surface area (TPSA) is 122 Å². The third-order valence-electron chi connectivity index (χ3n) is 5.76. The van der Waals surface area contributed by atoms with E-state index in [-0.39, 0.29) is 38.6 Å². The van der Waals surface area contributed by atoms with Crippen LogP contribution in [0.2, 0.25) is 0 Å². The Balaban J connectivity index is 1.66. The number of carbonyl (C=O) groups is 3. The second-order valence-electron chi connectivity index (χ2n) is 9.51. The summed E-state index contributed by atoms with van der Waals surface area (Å²) in [5, 5.41) is 11.9. The Hall–Kier alpha value is -3.38. The van der Waals surface area contributed by atoms with E-state index in [0.29, 0.717) is 16.5 Å². The number of rotatable bonds is 9. The van der Waals surface area contributed by atoms with Crippen LogP contribution in [-0.2, 0) is 26.7 Å². The molecule has 0 fully saturated rings. The molecular weight excluding hydrogens is 528 g/mol. The molecule has 0 saturated carbocycles. The minimum Gasteiger partial charge on any atom is -0.483 e. The van der Waals surface area contributed by atoms with Crippen molar-refractivity contribution in [2.45, 2.75) is 51.3 Å². The third-order valence-corrected chi connectivity index (χ3v) is 7.97. The quantitative estimate of drug-likeness (QED) is 0.287. The number of hydrogen-bond donors (Lipinski definition) is 1. The molecule has 1 N–H and O–H groups in total. The highest BCUT2D eigenvalue weighted by molar-refractivity contribution is 7.99. The number of hydrogen-bond acceptors (Lipinski definition) is 10. The number of thioether (sulfide) groups is 1. The first kappa shape index (κ1) is 29.2. The number of benzene rings is 1. The molecule has 0 aliphatic rings. The standard InChI is InChI=1S/C26H32N4O6S2/c1-14-19(23(32)34-7)22(38-20(14)24(33)35-8)27-18(31)13-37-25-29-28-21(30(25)6)15(2)36-17-11-9-16(10-12-17)26(3,4)5/h9-12,15H,13H2,1-8H3,(H,27,31). The maximum atomic E-state index is 12.7. The summed E-state index contributed by atoms with van der Waals surface area (Å²) in [5.41, 5.74) is 1.78. The van der Waals surface area contributed by atoms with E-state index in [9.17, 15) is 14.4 Å². The molecule has 0 aliphatic carbocycles. The fraction of sp³-hybridized carbons (Fsp3) is 0.423. The second-order valence-corrected chi connectivity index (χ2v) is 11.5. The molecule has 0 radical (unpaired) electrons. The Morgan fingerprint density at radius 2 is 1.71 bits per heavy atom. The lowest BCUT2D eigenvalue weighted by Gasteiger charge is -2.20. The Labute approximate surface area is 230 Å². The summed E-state index contributed by atoms with van der Waals surface area (Å²) < 4.78 is 17.4. The number of anilines is 1. The van der Waals surface area contributed by atoms with Crippen LogP contribution in [0.1, 0.15) is 70.8 Å². The molecule has 1 amide bonds. The number of aromatic nitrogens is 3. The molecule has 2 aromatic heterocycles. The smallest absolute Gasteiger partial charge is 0.348 e. The van der Waals surface area contributed by atoms with Gasteiger partial charge in [0, 0.05) is 7.05 Å². The van der Waals surface area contributed by atoms with Crippen molar-refractivity contribution in [3.8, 4) is 5.75 Å². The molecule has 2 heterocycles. The largest absolute Gasteiger partial charge is 0.483 e. The van der Waals surface area contributed by atoms with Gasteiger partial charge in [-0.3, -0.25) is 4.79 Å². The van der Waals surface area contributed by atoms with Gasteiger partial charge in [-0.2, -0.15) is 0 Å². The van der Waals surface area contributed by atoms with Crippen LogP contribution < -0.4 is 10.1 Å². The average molecular weight is 561 g/mol. The van der Waals surface area contributed by atoms with Gasteiger partial charge in [0.25, 0.3) is 0 Å². The molecule has 38 heavy (non-hydrogen) atoms. The molecule has 10 nitrogen and oxygen atoms in total. The van der Waals surface area contributed by atoms with Gasteiger partial charge in [-0.15, -0.1) is 21.5 Å². The van der Waals surface area contributed by atoms with Crippen LogP contribution in [-0.4, -0.2) is 52.6 Å². The fourth-order valence-corrected chi connectivity index (χ4v) is 5.47. The minimum atomic E-state index is -0.656. The van der Waals surface area contributed by atoms with Gasteiger partial charge < -0.3 is 24.1 Å². The molecule has 1 aromatic carbocycles. The van der Waals surface area contributed by atoms with Crippen molar-refractivity contribution in [2.75, 3.05) is 25.3 Å². The van der Waals surface area contributed by atoms with Gasteiger partial charge >= 0.3 is 11.9 Å². The molecule has 0 bridgehead atoms. The van der Waals surface area contributed by atoms with E-state index in [4.69, 9.17) is 14.2 Å². The molecule has 0 saturated heterocycles. The SMILES string of the molecule is COC(=O)c1sc(NC(=O)CSc2nnc(C(C)Oc3ccc(C(C)(C)C)cc3)n2C)c(C(=O)OC)c1C. The molecule has 3 rings (SSSR count). The number of ether oxygens (including phenoxy) is 3. The fourth-order valence-electron chi connectivity index (χ4n) is 3.63. The van der Waals surface area contributed by atoms with E-state index in [1.54, 1.807) is 18.5 Å². The van der Waals surface area contributed by atoms with Crippen molar-refractivity contribution < 1.29 is 28.6 Å². The molecule has 12 heteroatoms. The summed E-state index contributed by atoms with van der Waals surface area (Å²) in [6.45, 7) is 9.95. The van der Waals surface area contributed by atoms with Gasteiger partial charge in [-0.05, 0) is 42.5 Å². The maximum Gasteiger partial charge on any atom is 0.348 e. The first-order chi connectivity index (χ1) is 17.9. The first-order valence-electron chi connectivity index (χ1n) is 11.8. The second kappa shape index (κ2) is 12.0. The monoisotopic (exact) mass is 560 g/mol. The molecule has 204 valence electrons. The van der Waals surface area contributed by atoms with Crippen molar-refractivity contribution in [1.82, 2.24) is 14.8 Å². The van der Waals surface area contributed by atoms with Crippen molar-refractivity contribution in [1.29, 1.82) is 0 Å². The normalized spacial score (nSPS) is 12.1. The van der Waals surface area contributed by atoms with E-state index in [0.717, 1.165) is 17.1 Å². The lowest BCUT2D eigenvalue weighted by Crippen LogP contribution is -2.16. The Morgan fingerprint density at radius 3 is 2.29 bits per heavy atom. The molecule has 0 spiro atoms. The number of carbonyl (C=O) groups excluding carboxylic acids is 3. The Bertz CT molecular complexity index is 1320. The summed E-state index contributed by atoms with van der Waals surface area (Å²) in [6.07, 6.45) is -0.371. The molecule has 0 aliphatic heterocycles. The summed E-state index contributed by atoms with van der Waals surface area (Å²) in [5.74, 6) is -0.304. The Kier molecular flexibility index (Phi) is 9.21. The highest BCUT2D eigenvalue weighted by Crippen LogP contribution is 2.34. The van der Waals surface area contributed by atoms with Gasteiger partial charge in [-0.1, -0.05) is 44.7 Å². The summed E-state index contributed by atoms with van der Waals surface area (Å²) in [6, 6.07) is 7.97. The average Bonchev–Trinajstić information content (AvgIpc) is 3.40. The summed E-state index contributed by atoms with van der Waals surface area (Å²) >= 11 is 2.14. The Morgan fingerprint density at radius 1 is 1.08 bits per heavy atom. The molecule has 1 atom stereocenters. The van der Waals surface area contributed by atoms with Crippen molar-refractivity contribution in [3.63, 3.8) is 0 Å². The van der Waals surface area contributed by atoms with Crippen LogP contribution >= 0.6 is 23.1 Å². The minimum absolute atomic E-state index is 0.000590. The van der Waals surface area contributed by atoms with Gasteiger partial charge in [0.1, 0.15) is 15.6 Å². The van der Waals surface area contributed by atoms with Gasteiger partial charge in [0.2, 0.25) is 5.91 Å². The number of nitrogens with one attached hydrogen (secondary N) is 1. The first-order valence-corrected chi connectivity index (χ1v) is 13.6. The van der Waals surface area contributed by atoms with Gasteiger partial charge in [0.05, 0.1) is 25.5 Å². The molecule has 1 unspecified atom stereocenters. The van der Waals surface area contributed by atoms with E-state index in [2.05, 4.69) is 36.3 Å². The van der Waals surface area contributed by atoms with Gasteiger partial charge in [-0.25, -0.2) is 9.59 Å². The van der Waals surface area contributed by atoms with Crippen LogP contribution in [0.15, 0.2) is 29.4 Å². The van der Waals surface area contributed by atoms with Crippen LogP contribution in [0, 0.1) is 6.92 Å². The number of thiophene rings is 1. The molecule has 3 aromatic rings. The summed E-state index contributed by atoms with van der Waals surface area (Å²) in [4.78, 5) is 37.3. The van der Waals surface area contributed by atoms with Crippen LogP contribution in [0.25, 0.3) is 0 Å². The summed E-state index contributed by atoms with van der Waals surface area (Å²) in [7, 11) is 4.28. The van der Waals surface area contributed by atoms with E-state index < -0.39 is 11.9 Å². The van der Waals surface area contributed by atoms with Crippen LogP contribution in [0.3, 0.4) is 0 Å². The van der Waals surface area contributed by atoms with E-state index in [1.165, 1.54) is 31.5 Å². The zero-order valence-electron chi connectivity index (χ0n) is 22.7. The predicted molar refractivity (Wildman–Crippen MR) is 146 cm³/mol. The van der Waals surface area contributed by atoms with Gasteiger partial charge in [0.15, 0.2) is 17.1 Å². The number of amides is 1. The predicted octanol–water partition coefficient (Wildman–Crippen LogP) is 4.93. The lowest BCUT2D eigenvalue weighted by molar-refractivity contribution is -0.113. The maximum absolute atomic E-state index is 12.7. The van der Waals surface area contributed by atoms with Crippen molar-refractivity contribution in [2.24, 2.45) is 7.05 Å². The van der Waals surface area contributed by atoms with E-state index in [1.807, 2.05) is 31.2 Å². The zero-order valence-corrected chi connectivity index (χ0v) is 24.3.